The number of nitrogens with one attached hydrogen (secondary N) is 1. The van der Waals surface area contributed by atoms with Crippen molar-refractivity contribution in [3.63, 3.8) is 0 Å². The summed E-state index contributed by atoms with van der Waals surface area (Å²) in [4.78, 5) is 10.1. The van der Waals surface area contributed by atoms with Gasteiger partial charge in [-0.1, -0.05) is 11.6 Å². The normalized spacial score (nSPS) is 24.8. The van der Waals surface area contributed by atoms with Crippen molar-refractivity contribution in [1.29, 1.82) is 0 Å². The molecule has 1 fully saturated rings. The second-order valence-electron chi connectivity index (χ2n) is 4.71. The first kappa shape index (κ1) is 15.6. The lowest BCUT2D eigenvalue weighted by Gasteiger charge is -2.35. The molecule has 1 aliphatic heterocycles. The second-order valence-corrected chi connectivity index (χ2v) is 8.49. The van der Waals surface area contributed by atoms with Crippen LogP contribution in [0.1, 0.15) is 13.8 Å². The number of hydrogen-bond donors (Lipinski definition) is 1. The van der Waals surface area contributed by atoms with Crippen molar-refractivity contribution in [2.75, 3.05) is 13.1 Å². The summed E-state index contributed by atoms with van der Waals surface area (Å²) in [6.07, 6.45) is 0. The van der Waals surface area contributed by atoms with Gasteiger partial charge in [-0.3, -0.25) is 10.1 Å². The van der Waals surface area contributed by atoms with Crippen LogP contribution in [0.4, 0.5) is 5.69 Å². The van der Waals surface area contributed by atoms with Crippen molar-refractivity contribution in [3.8, 4) is 0 Å². The van der Waals surface area contributed by atoms with Gasteiger partial charge in [0.2, 0.25) is 0 Å². The molecule has 112 valence electrons. The monoisotopic (exact) mass is 339 g/mol. The van der Waals surface area contributed by atoms with Gasteiger partial charge in [-0.25, -0.2) is 8.42 Å². The first-order valence-electron chi connectivity index (χ1n) is 5.92. The maximum absolute atomic E-state index is 12.6. The van der Waals surface area contributed by atoms with Crippen molar-refractivity contribution in [3.05, 3.63) is 20.5 Å². The number of rotatable bonds is 3. The van der Waals surface area contributed by atoms with Crippen LogP contribution in [0.5, 0.6) is 0 Å². The third-order valence-electron chi connectivity index (χ3n) is 3.11. The van der Waals surface area contributed by atoms with E-state index in [1.807, 2.05) is 6.92 Å². The number of sulfonamides is 1. The Morgan fingerprint density at radius 2 is 2.20 bits per heavy atom. The Morgan fingerprint density at radius 1 is 1.55 bits per heavy atom. The lowest BCUT2D eigenvalue weighted by Crippen LogP contribution is -2.55. The summed E-state index contributed by atoms with van der Waals surface area (Å²) >= 11 is 6.45. The van der Waals surface area contributed by atoms with Crippen LogP contribution in [-0.2, 0) is 10.0 Å². The predicted molar refractivity (Wildman–Crippen MR) is 76.8 cm³/mol. The summed E-state index contributed by atoms with van der Waals surface area (Å²) < 4.78 is 26.3. The Morgan fingerprint density at radius 3 is 2.75 bits per heavy atom. The molecule has 1 aliphatic rings. The van der Waals surface area contributed by atoms with Gasteiger partial charge in [0.1, 0.15) is 4.21 Å². The van der Waals surface area contributed by atoms with Gasteiger partial charge in [0.05, 0.1) is 4.92 Å². The van der Waals surface area contributed by atoms with Crippen molar-refractivity contribution in [1.82, 2.24) is 9.62 Å². The summed E-state index contributed by atoms with van der Waals surface area (Å²) in [5, 5.41) is 13.9. The summed E-state index contributed by atoms with van der Waals surface area (Å²) in [6.45, 7) is 4.55. The highest BCUT2D eigenvalue weighted by Crippen LogP contribution is 2.38. The molecule has 0 spiro atoms. The highest BCUT2D eigenvalue weighted by atomic mass is 35.5. The molecule has 0 amide bonds. The van der Waals surface area contributed by atoms with E-state index in [1.165, 1.54) is 4.31 Å². The van der Waals surface area contributed by atoms with E-state index in [1.54, 1.807) is 6.92 Å². The molecule has 2 atom stereocenters. The minimum absolute atomic E-state index is 0.0337. The van der Waals surface area contributed by atoms with E-state index in [-0.39, 0.29) is 26.3 Å². The lowest BCUT2D eigenvalue weighted by atomic mass is 10.2. The van der Waals surface area contributed by atoms with E-state index in [2.05, 4.69) is 5.32 Å². The van der Waals surface area contributed by atoms with E-state index in [9.17, 15) is 18.5 Å². The van der Waals surface area contributed by atoms with E-state index in [4.69, 9.17) is 11.6 Å². The van der Waals surface area contributed by atoms with Crippen molar-refractivity contribution < 1.29 is 13.3 Å². The molecule has 0 aliphatic carbocycles. The Labute approximate surface area is 125 Å². The molecule has 1 aromatic rings. The summed E-state index contributed by atoms with van der Waals surface area (Å²) in [6, 6.07) is 0.851. The molecule has 2 rings (SSSR count). The van der Waals surface area contributed by atoms with E-state index in [0.717, 1.165) is 17.4 Å². The van der Waals surface area contributed by atoms with Crippen molar-refractivity contribution in [2.45, 2.75) is 30.1 Å². The molecule has 0 saturated carbocycles. The van der Waals surface area contributed by atoms with Gasteiger partial charge in [-0.2, -0.15) is 4.31 Å². The predicted octanol–water partition coefficient (Wildman–Crippen LogP) is 1.68. The molecule has 2 unspecified atom stereocenters. The first-order valence-corrected chi connectivity index (χ1v) is 8.56. The molecular weight excluding hydrogens is 326 g/mol. The highest BCUT2D eigenvalue weighted by molar-refractivity contribution is 7.91. The number of hydrogen-bond acceptors (Lipinski definition) is 6. The third kappa shape index (κ3) is 2.82. The fraction of sp³-hybridized carbons (Fsp3) is 0.600. The van der Waals surface area contributed by atoms with Gasteiger partial charge in [-0.05, 0) is 13.8 Å². The maximum Gasteiger partial charge on any atom is 0.300 e. The summed E-state index contributed by atoms with van der Waals surface area (Å²) in [5.41, 5.74) is -0.369. The Kier molecular flexibility index (Phi) is 4.35. The Bertz CT molecular complexity index is 630. The standard InChI is InChI=1S/C10H14ClN3O4S2/c1-6-5-13(7(2)4-12-6)20(17,18)9-3-8(14(15)16)10(11)19-9/h3,6-7,12H,4-5H2,1-2H3. The van der Waals surface area contributed by atoms with Gasteiger partial charge in [0, 0.05) is 31.2 Å². The van der Waals surface area contributed by atoms with Crippen LogP contribution in [0.25, 0.3) is 0 Å². The summed E-state index contributed by atoms with van der Waals surface area (Å²) in [7, 11) is -3.76. The molecule has 20 heavy (non-hydrogen) atoms. The molecule has 10 heteroatoms. The van der Waals surface area contributed by atoms with E-state index in [0.29, 0.717) is 13.1 Å². The van der Waals surface area contributed by atoms with E-state index >= 15 is 0 Å². The van der Waals surface area contributed by atoms with Gasteiger partial charge in [0.25, 0.3) is 15.7 Å². The first-order chi connectivity index (χ1) is 9.23. The topological polar surface area (TPSA) is 92.5 Å². The fourth-order valence-electron chi connectivity index (χ4n) is 2.03. The minimum atomic E-state index is -3.76. The van der Waals surface area contributed by atoms with Gasteiger partial charge in [-0.15, -0.1) is 11.3 Å². The second kappa shape index (κ2) is 5.57. The molecule has 7 nitrogen and oxygen atoms in total. The fourth-order valence-corrected chi connectivity index (χ4v) is 5.54. The third-order valence-corrected chi connectivity index (χ3v) is 6.88. The molecule has 0 aromatic carbocycles. The van der Waals surface area contributed by atoms with Crippen LogP contribution in [0.3, 0.4) is 0 Å². The summed E-state index contributed by atoms with van der Waals surface area (Å²) in [5.74, 6) is 0. The zero-order valence-corrected chi connectivity index (χ0v) is 13.3. The van der Waals surface area contributed by atoms with Crippen LogP contribution in [0.2, 0.25) is 4.34 Å². The Hall–Kier alpha value is -0.740. The van der Waals surface area contributed by atoms with Crippen LogP contribution in [-0.4, -0.2) is 42.8 Å². The highest BCUT2D eigenvalue weighted by Gasteiger charge is 2.36. The zero-order chi connectivity index (χ0) is 15.1. The number of thiophene rings is 1. The lowest BCUT2D eigenvalue weighted by molar-refractivity contribution is -0.384. The van der Waals surface area contributed by atoms with Gasteiger partial charge in [0.15, 0.2) is 4.34 Å². The Balaban J connectivity index is 2.39. The van der Waals surface area contributed by atoms with Crippen LogP contribution in [0.15, 0.2) is 10.3 Å². The molecular formula is C10H14ClN3O4S2. The molecule has 0 bridgehead atoms. The molecule has 1 aromatic heterocycles. The van der Waals surface area contributed by atoms with Gasteiger partial charge < -0.3 is 5.32 Å². The number of halogens is 1. The average molecular weight is 340 g/mol. The molecule has 1 N–H and O–H groups in total. The molecule has 2 heterocycles. The van der Waals surface area contributed by atoms with Crippen molar-refractivity contribution in [2.24, 2.45) is 0 Å². The quantitative estimate of drug-likeness (QED) is 0.668. The SMILES string of the molecule is CC1CN(S(=O)(=O)c2cc([N+](=O)[O-])c(Cl)s2)C(C)CN1. The molecule has 1 saturated heterocycles. The number of piperazine rings is 1. The average Bonchev–Trinajstić information content (AvgIpc) is 2.75. The maximum atomic E-state index is 12.6. The molecule has 0 radical (unpaired) electrons. The number of nitrogens with zero attached hydrogens (tertiary/aromatic N) is 2. The van der Waals surface area contributed by atoms with Crippen LogP contribution in [0, 0.1) is 10.1 Å². The number of nitro groups is 1. The van der Waals surface area contributed by atoms with Crippen LogP contribution < -0.4 is 5.32 Å². The largest absolute Gasteiger partial charge is 0.311 e. The van der Waals surface area contributed by atoms with Crippen molar-refractivity contribution >= 4 is 38.6 Å². The zero-order valence-electron chi connectivity index (χ0n) is 10.9. The minimum Gasteiger partial charge on any atom is -0.311 e. The van der Waals surface area contributed by atoms with Gasteiger partial charge >= 0.3 is 0 Å². The smallest absolute Gasteiger partial charge is 0.300 e. The van der Waals surface area contributed by atoms with E-state index < -0.39 is 14.9 Å². The van der Waals surface area contributed by atoms with Crippen LogP contribution >= 0.6 is 22.9 Å².